The third-order valence-corrected chi connectivity index (χ3v) is 1.90. The second kappa shape index (κ2) is 4.87. The molecule has 0 aliphatic rings. The first-order chi connectivity index (χ1) is 7.40. The summed E-state index contributed by atoms with van der Waals surface area (Å²) in [4.78, 5) is 10.5. The lowest BCUT2D eigenvalue weighted by atomic mass is 10.1. The van der Waals surface area contributed by atoms with Crippen LogP contribution in [0.3, 0.4) is 0 Å². The van der Waals surface area contributed by atoms with Gasteiger partial charge in [0.15, 0.2) is 0 Å². The number of benzene rings is 1. The van der Waals surface area contributed by atoms with Crippen LogP contribution in [0.15, 0.2) is 12.1 Å². The summed E-state index contributed by atoms with van der Waals surface area (Å²) < 4.78 is 41.1. The predicted octanol–water partition coefficient (Wildman–Crippen LogP) is 2.36. The maximum absolute atomic E-state index is 13.1. The number of aryl methyl sites for hydroxylation is 1. The van der Waals surface area contributed by atoms with E-state index in [0.29, 0.717) is 0 Å². The molecule has 0 aliphatic carbocycles. The predicted molar refractivity (Wildman–Crippen MR) is 49.1 cm³/mol. The number of hydrogen-bond donors (Lipinski definition) is 1. The van der Waals surface area contributed by atoms with Crippen molar-refractivity contribution in [3.63, 3.8) is 0 Å². The first-order valence-corrected chi connectivity index (χ1v) is 4.35. The maximum Gasteiger partial charge on any atom is 0.387 e. The molecular weight excluding hydrogens is 225 g/mol. The highest BCUT2D eigenvalue weighted by Gasteiger charge is 2.14. The van der Waals surface area contributed by atoms with Crippen LogP contribution < -0.4 is 4.74 Å². The van der Waals surface area contributed by atoms with Gasteiger partial charge in [0.1, 0.15) is 11.6 Å². The molecule has 6 heteroatoms. The van der Waals surface area contributed by atoms with Gasteiger partial charge in [-0.3, -0.25) is 4.79 Å². The van der Waals surface area contributed by atoms with Crippen LogP contribution >= 0.6 is 0 Å². The molecule has 0 saturated carbocycles. The van der Waals surface area contributed by atoms with Crippen LogP contribution in [0.1, 0.15) is 11.1 Å². The van der Waals surface area contributed by atoms with Gasteiger partial charge in [-0.05, 0) is 18.6 Å². The van der Waals surface area contributed by atoms with Crippen LogP contribution in [-0.2, 0) is 11.2 Å². The van der Waals surface area contributed by atoms with E-state index >= 15 is 0 Å². The fourth-order valence-corrected chi connectivity index (χ4v) is 1.23. The number of alkyl halides is 2. The van der Waals surface area contributed by atoms with Crippen molar-refractivity contribution < 1.29 is 27.8 Å². The number of hydrogen-bond acceptors (Lipinski definition) is 2. The number of rotatable bonds is 4. The Hall–Kier alpha value is -1.72. The molecule has 0 bridgehead atoms. The van der Waals surface area contributed by atoms with Crippen molar-refractivity contribution in [3.05, 3.63) is 29.1 Å². The molecule has 3 nitrogen and oxygen atoms in total. The number of carbonyl (C=O) groups is 1. The molecule has 0 spiro atoms. The van der Waals surface area contributed by atoms with E-state index in [2.05, 4.69) is 4.74 Å². The monoisotopic (exact) mass is 234 g/mol. The first kappa shape index (κ1) is 12.4. The van der Waals surface area contributed by atoms with Gasteiger partial charge >= 0.3 is 12.6 Å². The zero-order valence-corrected chi connectivity index (χ0v) is 8.34. The molecule has 0 fully saturated rings. The Morgan fingerprint density at radius 1 is 1.50 bits per heavy atom. The van der Waals surface area contributed by atoms with Crippen molar-refractivity contribution in [1.29, 1.82) is 0 Å². The summed E-state index contributed by atoms with van der Waals surface area (Å²) in [5, 5.41) is 8.55. The Morgan fingerprint density at radius 2 is 2.12 bits per heavy atom. The van der Waals surface area contributed by atoms with Crippen LogP contribution in [0.5, 0.6) is 5.75 Å². The molecule has 0 heterocycles. The zero-order chi connectivity index (χ0) is 12.3. The van der Waals surface area contributed by atoms with E-state index in [1.54, 1.807) is 0 Å². The minimum absolute atomic E-state index is 0.0201. The highest BCUT2D eigenvalue weighted by Crippen LogP contribution is 2.25. The Balaban J connectivity index is 3.11. The highest BCUT2D eigenvalue weighted by molar-refractivity contribution is 5.71. The van der Waals surface area contributed by atoms with Crippen LogP contribution in [0.25, 0.3) is 0 Å². The minimum Gasteiger partial charge on any atom is -0.481 e. The summed E-state index contributed by atoms with van der Waals surface area (Å²) in [6.45, 7) is -1.71. The molecule has 0 unspecified atom stereocenters. The maximum atomic E-state index is 13.1. The van der Waals surface area contributed by atoms with E-state index in [9.17, 15) is 18.0 Å². The fraction of sp³-hybridized carbons (Fsp3) is 0.300. The number of halogens is 3. The number of carboxylic acid groups (broad SMARTS) is 1. The van der Waals surface area contributed by atoms with Gasteiger partial charge in [0.05, 0.1) is 6.42 Å². The van der Waals surface area contributed by atoms with Gasteiger partial charge in [0, 0.05) is 11.6 Å². The van der Waals surface area contributed by atoms with E-state index in [0.717, 1.165) is 6.07 Å². The number of ether oxygens (including phenoxy) is 1. The molecule has 0 saturated heterocycles. The Labute approximate surface area is 89.5 Å². The summed E-state index contributed by atoms with van der Waals surface area (Å²) >= 11 is 0. The summed E-state index contributed by atoms with van der Waals surface area (Å²) in [6, 6.07) is 1.95. The van der Waals surface area contributed by atoms with Crippen molar-refractivity contribution in [2.75, 3.05) is 0 Å². The van der Waals surface area contributed by atoms with Crippen LogP contribution in [-0.4, -0.2) is 17.7 Å². The molecule has 1 aromatic rings. The lowest BCUT2D eigenvalue weighted by Gasteiger charge is -2.10. The first-order valence-electron chi connectivity index (χ1n) is 4.35. The molecule has 1 rings (SSSR count). The normalized spacial score (nSPS) is 10.6. The van der Waals surface area contributed by atoms with E-state index in [1.807, 2.05) is 0 Å². The SMILES string of the molecule is Cc1cc(CC(=O)O)c(OC(F)F)cc1F. The topological polar surface area (TPSA) is 46.5 Å². The third-order valence-electron chi connectivity index (χ3n) is 1.90. The fourth-order valence-electron chi connectivity index (χ4n) is 1.23. The Morgan fingerprint density at radius 3 is 2.62 bits per heavy atom. The van der Waals surface area contributed by atoms with Gasteiger partial charge in [-0.15, -0.1) is 0 Å². The van der Waals surface area contributed by atoms with Crippen molar-refractivity contribution in [3.8, 4) is 5.75 Å². The standard InChI is InChI=1S/C10H9F3O3/c1-5-2-6(3-9(14)15)8(4-7(5)11)16-10(12)13/h2,4,10H,3H2,1H3,(H,14,15). The molecule has 88 valence electrons. The van der Waals surface area contributed by atoms with Crippen molar-refractivity contribution in [2.45, 2.75) is 20.0 Å². The molecule has 0 atom stereocenters. The van der Waals surface area contributed by atoms with Gasteiger partial charge in [-0.1, -0.05) is 0 Å². The molecule has 0 amide bonds. The Kier molecular flexibility index (Phi) is 3.76. The number of carboxylic acids is 1. The summed E-state index contributed by atoms with van der Waals surface area (Å²) in [6.07, 6.45) is -0.497. The largest absolute Gasteiger partial charge is 0.481 e. The second-order valence-electron chi connectivity index (χ2n) is 3.16. The minimum atomic E-state index is -3.12. The summed E-state index contributed by atoms with van der Waals surface area (Å²) in [5.41, 5.74) is 0.199. The molecule has 1 N–H and O–H groups in total. The third kappa shape index (κ3) is 3.15. The lowest BCUT2D eigenvalue weighted by molar-refractivity contribution is -0.136. The smallest absolute Gasteiger partial charge is 0.387 e. The zero-order valence-electron chi connectivity index (χ0n) is 8.34. The van der Waals surface area contributed by atoms with Crippen LogP contribution in [0.2, 0.25) is 0 Å². The Bertz CT molecular complexity index is 405. The quantitative estimate of drug-likeness (QED) is 0.869. The molecule has 16 heavy (non-hydrogen) atoms. The molecule has 0 aliphatic heterocycles. The van der Waals surface area contributed by atoms with E-state index in [1.165, 1.54) is 13.0 Å². The van der Waals surface area contributed by atoms with E-state index < -0.39 is 30.6 Å². The average molecular weight is 234 g/mol. The molecule has 1 aromatic carbocycles. The van der Waals surface area contributed by atoms with Crippen molar-refractivity contribution in [2.24, 2.45) is 0 Å². The summed E-state index contributed by atoms with van der Waals surface area (Å²) in [7, 11) is 0. The van der Waals surface area contributed by atoms with Gasteiger partial charge in [-0.2, -0.15) is 8.78 Å². The molecular formula is C10H9F3O3. The van der Waals surface area contributed by atoms with E-state index in [4.69, 9.17) is 5.11 Å². The summed E-state index contributed by atoms with van der Waals surface area (Å²) in [5.74, 6) is -2.37. The van der Waals surface area contributed by atoms with Crippen molar-refractivity contribution in [1.82, 2.24) is 0 Å². The lowest BCUT2D eigenvalue weighted by Crippen LogP contribution is -2.08. The van der Waals surface area contributed by atoms with E-state index in [-0.39, 0.29) is 11.1 Å². The van der Waals surface area contributed by atoms with Gasteiger partial charge < -0.3 is 9.84 Å². The van der Waals surface area contributed by atoms with Gasteiger partial charge in [0.2, 0.25) is 0 Å². The molecule has 0 radical (unpaired) electrons. The van der Waals surface area contributed by atoms with Crippen LogP contribution in [0, 0.1) is 12.7 Å². The van der Waals surface area contributed by atoms with Gasteiger partial charge in [-0.25, -0.2) is 4.39 Å². The molecule has 0 aromatic heterocycles. The van der Waals surface area contributed by atoms with Crippen molar-refractivity contribution >= 4 is 5.97 Å². The van der Waals surface area contributed by atoms with Crippen LogP contribution in [0.4, 0.5) is 13.2 Å². The van der Waals surface area contributed by atoms with Gasteiger partial charge in [0.25, 0.3) is 0 Å². The second-order valence-corrected chi connectivity index (χ2v) is 3.16. The average Bonchev–Trinajstić information content (AvgIpc) is 2.11. The number of aliphatic carboxylic acids is 1. The highest BCUT2D eigenvalue weighted by atomic mass is 19.3.